The van der Waals surface area contributed by atoms with Crippen molar-refractivity contribution in [1.29, 1.82) is 0 Å². The van der Waals surface area contributed by atoms with Gasteiger partial charge in [0.25, 0.3) is 0 Å². The molecule has 0 unspecified atom stereocenters. The number of rotatable bonds is 3. The second-order valence-corrected chi connectivity index (χ2v) is 5.73. The maximum atomic E-state index is 11.6. The van der Waals surface area contributed by atoms with Gasteiger partial charge in [0, 0.05) is 29.1 Å². The van der Waals surface area contributed by atoms with E-state index in [2.05, 4.69) is 21.9 Å². The molecule has 1 aromatic carbocycles. The molecule has 1 amide bonds. The molecule has 4 heteroatoms. The third-order valence-electron chi connectivity index (χ3n) is 4.23. The van der Waals surface area contributed by atoms with Crippen LogP contribution in [-0.4, -0.2) is 12.7 Å². The van der Waals surface area contributed by atoms with Crippen molar-refractivity contribution < 1.29 is 14.1 Å². The number of hydrogen-bond donors (Lipinski definition) is 1. The van der Waals surface area contributed by atoms with E-state index in [4.69, 9.17) is 11.2 Å². The van der Waals surface area contributed by atoms with Gasteiger partial charge >= 0.3 is 6.09 Å². The number of fused-ring (bicyclic) bond motifs is 2. The van der Waals surface area contributed by atoms with Gasteiger partial charge in [-0.1, -0.05) is 0 Å². The first-order valence-electron chi connectivity index (χ1n) is 8.08. The van der Waals surface area contributed by atoms with Crippen molar-refractivity contribution in [2.75, 3.05) is 11.9 Å². The Balaban J connectivity index is 2.05. The number of benzene rings is 1. The second kappa shape index (κ2) is 6.70. The van der Waals surface area contributed by atoms with Gasteiger partial charge in [-0.25, -0.2) is 4.79 Å². The number of ether oxygens (including phenoxy) is 1. The van der Waals surface area contributed by atoms with Crippen molar-refractivity contribution in [2.45, 2.75) is 39.2 Å². The highest BCUT2D eigenvalue weighted by molar-refractivity contribution is 5.89. The van der Waals surface area contributed by atoms with Crippen LogP contribution in [0.4, 0.5) is 10.5 Å². The number of carbonyl (C=O) groups is 1. The van der Waals surface area contributed by atoms with E-state index in [9.17, 15) is 4.79 Å². The molecule has 1 aromatic heterocycles. The fourth-order valence-electron chi connectivity index (χ4n) is 3.26. The minimum atomic E-state index is -0.429. The van der Waals surface area contributed by atoms with Gasteiger partial charge < -0.3 is 4.74 Å². The van der Waals surface area contributed by atoms with Crippen LogP contribution in [0.5, 0.6) is 0 Å². The summed E-state index contributed by atoms with van der Waals surface area (Å²) in [4.78, 5) is 11.6. The number of nitrogens with zero attached hydrogens (tertiary/aromatic N) is 1. The van der Waals surface area contributed by atoms with Crippen LogP contribution >= 0.6 is 0 Å². The zero-order chi connectivity index (χ0) is 16.2. The Hall–Kier alpha value is -2.54. The lowest BCUT2D eigenvalue weighted by Gasteiger charge is -2.15. The fraction of sp³-hybridized carbons (Fsp3) is 0.368. The summed E-state index contributed by atoms with van der Waals surface area (Å²) in [6.45, 7) is 2.72. The Morgan fingerprint density at radius 1 is 1.35 bits per heavy atom. The normalized spacial score (nSPS) is 13.2. The molecule has 0 atom stereocenters. The van der Waals surface area contributed by atoms with Gasteiger partial charge in [0.05, 0.1) is 6.61 Å². The summed E-state index contributed by atoms with van der Waals surface area (Å²) in [5.41, 5.74) is 4.57. The van der Waals surface area contributed by atoms with E-state index < -0.39 is 6.09 Å². The third-order valence-corrected chi connectivity index (χ3v) is 4.23. The quantitative estimate of drug-likeness (QED) is 0.699. The molecular formula is C19H21N2O2+. The monoisotopic (exact) mass is 309 g/mol. The van der Waals surface area contributed by atoms with Crippen LogP contribution in [-0.2, 0) is 24.1 Å². The second-order valence-electron chi connectivity index (χ2n) is 5.73. The fourth-order valence-corrected chi connectivity index (χ4v) is 3.26. The van der Waals surface area contributed by atoms with E-state index in [0.29, 0.717) is 13.2 Å². The highest BCUT2D eigenvalue weighted by atomic mass is 16.5. The molecule has 0 saturated heterocycles. The lowest BCUT2D eigenvalue weighted by Crippen LogP contribution is -2.41. The summed E-state index contributed by atoms with van der Waals surface area (Å²) in [5, 5.41) is 3.85. The minimum Gasteiger partial charge on any atom is -0.450 e. The number of hydrogen-bond acceptors (Lipinski definition) is 2. The Morgan fingerprint density at radius 3 is 2.96 bits per heavy atom. The van der Waals surface area contributed by atoms with Crippen LogP contribution in [0.1, 0.15) is 31.0 Å². The topological polar surface area (TPSA) is 42.2 Å². The average molecular weight is 309 g/mol. The van der Waals surface area contributed by atoms with Crippen LogP contribution in [0.2, 0.25) is 0 Å². The minimum absolute atomic E-state index is 0.356. The Bertz CT molecular complexity index is 790. The van der Waals surface area contributed by atoms with Gasteiger partial charge in [-0.3, -0.25) is 5.32 Å². The van der Waals surface area contributed by atoms with Crippen molar-refractivity contribution >= 4 is 22.7 Å². The van der Waals surface area contributed by atoms with E-state index in [1.807, 2.05) is 18.2 Å². The molecule has 0 spiro atoms. The maximum Gasteiger partial charge on any atom is 0.411 e. The largest absolute Gasteiger partial charge is 0.450 e. The van der Waals surface area contributed by atoms with Crippen molar-refractivity contribution in [3.63, 3.8) is 0 Å². The highest BCUT2D eigenvalue weighted by Crippen LogP contribution is 2.25. The predicted molar refractivity (Wildman–Crippen MR) is 90.3 cm³/mol. The lowest BCUT2D eigenvalue weighted by atomic mass is 9.94. The van der Waals surface area contributed by atoms with E-state index >= 15 is 0 Å². The SMILES string of the molecule is C#CC[n+]1c2c(cc3cc(NC(=O)OCC)ccc31)CCCC2. The highest BCUT2D eigenvalue weighted by Gasteiger charge is 2.23. The van der Waals surface area contributed by atoms with E-state index in [0.717, 1.165) is 29.4 Å². The molecule has 1 aliphatic carbocycles. The number of aryl methyl sites for hydroxylation is 1. The number of nitrogens with one attached hydrogen (secondary N) is 1. The number of aromatic nitrogens is 1. The Kier molecular flexibility index (Phi) is 4.47. The van der Waals surface area contributed by atoms with Gasteiger partial charge in [-0.05, 0) is 50.3 Å². The van der Waals surface area contributed by atoms with Crippen molar-refractivity contribution in [2.24, 2.45) is 0 Å². The van der Waals surface area contributed by atoms with Crippen LogP contribution in [0.3, 0.4) is 0 Å². The summed E-state index contributed by atoms with van der Waals surface area (Å²) >= 11 is 0. The Labute approximate surface area is 136 Å². The third kappa shape index (κ3) is 3.14. The maximum absolute atomic E-state index is 11.6. The number of amides is 1. The molecule has 0 fully saturated rings. The summed E-state index contributed by atoms with van der Waals surface area (Å²) in [6.07, 6.45) is 9.74. The average Bonchev–Trinajstić information content (AvgIpc) is 2.55. The van der Waals surface area contributed by atoms with Crippen molar-refractivity contribution in [3.8, 4) is 12.3 Å². The standard InChI is InChI=1S/C19H20N2O2/c1-3-11-21-17-8-6-5-7-14(17)12-15-13-16(9-10-18(15)21)20-19(22)23-4-2/h1,9-10,12-13H,4-8,11H2,2H3/p+1. The summed E-state index contributed by atoms with van der Waals surface area (Å²) < 4.78 is 7.16. The van der Waals surface area contributed by atoms with Gasteiger partial charge in [0.1, 0.15) is 0 Å². The molecule has 1 heterocycles. The molecule has 1 N–H and O–H groups in total. The van der Waals surface area contributed by atoms with Crippen molar-refractivity contribution in [1.82, 2.24) is 0 Å². The van der Waals surface area contributed by atoms with Crippen LogP contribution in [0.25, 0.3) is 10.9 Å². The molecule has 3 rings (SSSR count). The molecule has 0 radical (unpaired) electrons. The number of pyridine rings is 1. The first-order chi connectivity index (χ1) is 11.2. The van der Waals surface area contributed by atoms with Crippen LogP contribution < -0.4 is 9.88 Å². The first-order valence-corrected chi connectivity index (χ1v) is 8.08. The number of anilines is 1. The molecular weight excluding hydrogens is 288 g/mol. The first kappa shape index (κ1) is 15.4. The van der Waals surface area contributed by atoms with Gasteiger partial charge in [-0.15, -0.1) is 6.42 Å². The van der Waals surface area contributed by atoms with E-state index in [-0.39, 0.29) is 0 Å². The van der Waals surface area contributed by atoms with Gasteiger partial charge in [-0.2, -0.15) is 4.57 Å². The molecule has 2 aromatic rings. The number of carbonyl (C=O) groups excluding carboxylic acids is 1. The molecule has 0 aliphatic heterocycles. The summed E-state index contributed by atoms with van der Waals surface area (Å²) in [7, 11) is 0. The zero-order valence-electron chi connectivity index (χ0n) is 13.4. The van der Waals surface area contributed by atoms with E-state index in [1.165, 1.54) is 24.1 Å². The summed E-state index contributed by atoms with van der Waals surface area (Å²) in [5.74, 6) is 2.76. The molecule has 23 heavy (non-hydrogen) atoms. The molecule has 118 valence electrons. The molecule has 1 aliphatic rings. The smallest absolute Gasteiger partial charge is 0.411 e. The predicted octanol–water partition coefficient (Wildman–Crippen LogP) is 3.21. The molecule has 0 saturated carbocycles. The van der Waals surface area contributed by atoms with Gasteiger partial charge in [0.2, 0.25) is 12.1 Å². The number of terminal acetylenes is 1. The Morgan fingerprint density at radius 2 is 2.17 bits per heavy atom. The van der Waals surface area contributed by atoms with E-state index in [1.54, 1.807) is 6.92 Å². The molecule has 4 nitrogen and oxygen atoms in total. The van der Waals surface area contributed by atoms with Crippen molar-refractivity contribution in [3.05, 3.63) is 35.5 Å². The zero-order valence-corrected chi connectivity index (χ0v) is 13.4. The van der Waals surface area contributed by atoms with Gasteiger partial charge in [0.15, 0.2) is 5.69 Å². The van der Waals surface area contributed by atoms with Crippen LogP contribution in [0.15, 0.2) is 24.3 Å². The molecule has 0 bridgehead atoms. The lowest BCUT2D eigenvalue weighted by molar-refractivity contribution is -0.667. The summed E-state index contributed by atoms with van der Waals surface area (Å²) in [6, 6.07) is 8.12. The van der Waals surface area contributed by atoms with Crippen LogP contribution in [0, 0.1) is 12.3 Å².